The van der Waals surface area contributed by atoms with Crippen LogP contribution in [0, 0.1) is 17.6 Å². The van der Waals surface area contributed by atoms with Crippen molar-refractivity contribution in [1.29, 1.82) is 0 Å². The number of ketones is 2. The number of carbonyl (C=O) groups is 3. The van der Waals surface area contributed by atoms with Crippen LogP contribution in [0.1, 0.15) is 78.8 Å². The Hall–Kier alpha value is -3.67. The van der Waals surface area contributed by atoms with Gasteiger partial charge < -0.3 is 5.11 Å². The van der Waals surface area contributed by atoms with Gasteiger partial charge in [0.1, 0.15) is 17.4 Å². The maximum atomic E-state index is 14.0. The summed E-state index contributed by atoms with van der Waals surface area (Å²) < 4.78 is 28.0. The Labute approximate surface area is 221 Å². The molecule has 1 aliphatic rings. The Morgan fingerprint density at radius 2 is 1.42 bits per heavy atom. The van der Waals surface area contributed by atoms with Crippen LogP contribution in [0.4, 0.5) is 8.78 Å². The highest BCUT2D eigenvalue weighted by Crippen LogP contribution is 2.37. The maximum absolute atomic E-state index is 14.0. The fourth-order valence-corrected chi connectivity index (χ4v) is 5.36. The summed E-state index contributed by atoms with van der Waals surface area (Å²) in [6.45, 7) is 0. The number of aliphatic carboxylic acids is 1. The van der Waals surface area contributed by atoms with E-state index in [0.29, 0.717) is 36.3 Å². The van der Waals surface area contributed by atoms with Crippen molar-refractivity contribution in [2.24, 2.45) is 5.92 Å². The zero-order chi connectivity index (χ0) is 27.1. The Bertz CT molecular complexity index is 1250. The third-order valence-corrected chi connectivity index (χ3v) is 7.48. The summed E-state index contributed by atoms with van der Waals surface area (Å²) in [7, 11) is 0. The van der Waals surface area contributed by atoms with Gasteiger partial charge in [0, 0.05) is 31.2 Å². The molecule has 0 unspecified atom stereocenters. The minimum atomic E-state index is -0.722. The average Bonchev–Trinajstić information content (AvgIpc) is 2.89. The molecule has 0 spiro atoms. The Morgan fingerprint density at radius 3 is 2.03 bits per heavy atom. The first-order valence-corrected chi connectivity index (χ1v) is 13.2. The minimum absolute atomic E-state index is 0.0742. The van der Waals surface area contributed by atoms with Crippen LogP contribution in [0.3, 0.4) is 0 Å². The van der Waals surface area contributed by atoms with Crippen molar-refractivity contribution in [3.05, 3.63) is 95.1 Å². The number of rotatable bonds is 11. The van der Waals surface area contributed by atoms with Gasteiger partial charge in [-0.25, -0.2) is 8.78 Å². The molecule has 6 heteroatoms. The third kappa shape index (κ3) is 7.21. The summed E-state index contributed by atoms with van der Waals surface area (Å²) in [6, 6.07) is 18.0. The molecule has 1 fully saturated rings. The van der Waals surface area contributed by atoms with Crippen molar-refractivity contribution in [1.82, 2.24) is 0 Å². The Morgan fingerprint density at radius 1 is 0.789 bits per heavy atom. The summed E-state index contributed by atoms with van der Waals surface area (Å²) in [4.78, 5) is 35.9. The molecule has 1 N–H and O–H groups in total. The van der Waals surface area contributed by atoms with E-state index < -0.39 is 17.6 Å². The summed E-state index contributed by atoms with van der Waals surface area (Å²) >= 11 is 0. The maximum Gasteiger partial charge on any atom is 0.303 e. The number of carboxylic acid groups (broad SMARTS) is 1. The highest BCUT2D eigenvalue weighted by Gasteiger charge is 2.24. The molecule has 0 atom stereocenters. The van der Waals surface area contributed by atoms with E-state index in [1.807, 2.05) is 12.1 Å². The number of carboxylic acids is 1. The van der Waals surface area contributed by atoms with E-state index in [4.69, 9.17) is 5.11 Å². The van der Waals surface area contributed by atoms with Gasteiger partial charge in [0.15, 0.2) is 5.78 Å². The topological polar surface area (TPSA) is 71.4 Å². The molecule has 4 rings (SSSR count). The van der Waals surface area contributed by atoms with Crippen molar-refractivity contribution in [3.63, 3.8) is 0 Å². The Kier molecular flexibility index (Phi) is 9.16. The quantitative estimate of drug-likeness (QED) is 0.266. The van der Waals surface area contributed by atoms with Gasteiger partial charge in [-0.3, -0.25) is 14.4 Å². The van der Waals surface area contributed by atoms with Gasteiger partial charge in [-0.15, -0.1) is 0 Å². The highest BCUT2D eigenvalue weighted by atomic mass is 19.1. The second-order valence-corrected chi connectivity index (χ2v) is 10.2. The summed E-state index contributed by atoms with van der Waals surface area (Å²) in [5.74, 6) is -1.36. The minimum Gasteiger partial charge on any atom is -0.481 e. The average molecular weight is 519 g/mol. The van der Waals surface area contributed by atoms with Gasteiger partial charge in [-0.2, -0.15) is 0 Å². The number of Topliss-reactive ketones (excluding diaryl/α,β-unsaturated/α-hetero) is 2. The second-order valence-electron chi connectivity index (χ2n) is 10.2. The van der Waals surface area contributed by atoms with E-state index in [1.165, 1.54) is 35.9 Å². The monoisotopic (exact) mass is 518 g/mol. The molecule has 198 valence electrons. The first-order valence-electron chi connectivity index (χ1n) is 13.2. The van der Waals surface area contributed by atoms with Crippen LogP contribution in [-0.2, 0) is 16.0 Å². The second kappa shape index (κ2) is 12.7. The third-order valence-electron chi connectivity index (χ3n) is 7.48. The fraction of sp³-hybridized carbons (Fsp3) is 0.344. The van der Waals surface area contributed by atoms with Crippen LogP contribution in [0.2, 0.25) is 0 Å². The lowest BCUT2D eigenvalue weighted by Gasteiger charge is -2.28. The van der Waals surface area contributed by atoms with E-state index in [1.54, 1.807) is 12.1 Å². The van der Waals surface area contributed by atoms with Gasteiger partial charge in [-0.05, 0) is 72.8 Å². The molecule has 0 aromatic heterocycles. The molecular formula is C32H32F2O4. The normalized spacial score (nSPS) is 17.2. The molecule has 0 amide bonds. The first-order chi connectivity index (χ1) is 18.3. The van der Waals surface area contributed by atoms with Crippen molar-refractivity contribution < 1.29 is 28.3 Å². The summed E-state index contributed by atoms with van der Waals surface area (Å²) in [5.41, 5.74) is 2.88. The van der Waals surface area contributed by atoms with E-state index in [0.717, 1.165) is 31.2 Å². The molecule has 0 bridgehead atoms. The van der Waals surface area contributed by atoms with Crippen LogP contribution in [0.25, 0.3) is 11.1 Å². The van der Waals surface area contributed by atoms with Gasteiger partial charge >= 0.3 is 5.97 Å². The standard InChI is InChI=1S/C32H32F2O4/c33-28-4-2-5-29(34)32(28)26-17-15-25(16-18-26)30(36)6-1-3-27(35)19-21-7-11-23(12-8-21)24-13-9-22(10-14-24)20-31(37)38/h2,4-5,7-8,11-12,15-18,22,24H,1,3,6,9-10,13-14,19-20H2,(H,37,38). The summed E-state index contributed by atoms with van der Waals surface area (Å²) in [6.07, 6.45) is 5.40. The van der Waals surface area contributed by atoms with E-state index in [-0.39, 0.29) is 35.9 Å². The van der Waals surface area contributed by atoms with Crippen LogP contribution in [-0.4, -0.2) is 22.6 Å². The van der Waals surface area contributed by atoms with E-state index >= 15 is 0 Å². The summed E-state index contributed by atoms with van der Waals surface area (Å²) in [5, 5.41) is 8.98. The molecule has 38 heavy (non-hydrogen) atoms. The predicted octanol–water partition coefficient (Wildman–Crippen LogP) is 7.55. The number of hydrogen-bond donors (Lipinski definition) is 1. The van der Waals surface area contributed by atoms with Gasteiger partial charge in [0.2, 0.25) is 0 Å². The number of carbonyl (C=O) groups excluding carboxylic acids is 2. The zero-order valence-corrected chi connectivity index (χ0v) is 21.3. The van der Waals surface area contributed by atoms with Crippen molar-refractivity contribution >= 4 is 17.5 Å². The Balaban J connectivity index is 1.21. The lowest BCUT2D eigenvalue weighted by atomic mass is 9.77. The number of hydrogen-bond acceptors (Lipinski definition) is 3. The van der Waals surface area contributed by atoms with Crippen molar-refractivity contribution in [3.8, 4) is 11.1 Å². The van der Waals surface area contributed by atoms with Gasteiger partial charge in [0.25, 0.3) is 0 Å². The van der Waals surface area contributed by atoms with Crippen molar-refractivity contribution in [2.45, 2.75) is 63.7 Å². The molecule has 1 saturated carbocycles. The lowest BCUT2D eigenvalue weighted by Crippen LogP contribution is -2.16. The lowest BCUT2D eigenvalue weighted by molar-refractivity contribution is -0.138. The molecule has 1 aliphatic carbocycles. The molecule has 3 aromatic carbocycles. The zero-order valence-electron chi connectivity index (χ0n) is 21.3. The first kappa shape index (κ1) is 27.4. The molecule has 0 radical (unpaired) electrons. The van der Waals surface area contributed by atoms with Crippen LogP contribution in [0.5, 0.6) is 0 Å². The fourth-order valence-electron chi connectivity index (χ4n) is 5.36. The van der Waals surface area contributed by atoms with Crippen LogP contribution >= 0.6 is 0 Å². The molecular weight excluding hydrogens is 486 g/mol. The molecule has 0 heterocycles. The van der Waals surface area contributed by atoms with Crippen LogP contribution in [0.15, 0.2) is 66.7 Å². The SMILES string of the molecule is O=C(O)CC1CCC(c2ccc(CC(=O)CCCC(=O)c3ccc(-c4c(F)cccc4F)cc3)cc2)CC1. The molecule has 4 nitrogen and oxygen atoms in total. The molecule has 0 saturated heterocycles. The van der Waals surface area contributed by atoms with Crippen molar-refractivity contribution in [2.75, 3.05) is 0 Å². The predicted molar refractivity (Wildman–Crippen MR) is 142 cm³/mol. The van der Waals surface area contributed by atoms with Gasteiger partial charge in [0.05, 0.1) is 5.56 Å². The smallest absolute Gasteiger partial charge is 0.303 e. The highest BCUT2D eigenvalue weighted by molar-refractivity contribution is 5.96. The van der Waals surface area contributed by atoms with E-state index in [2.05, 4.69) is 12.1 Å². The molecule has 3 aromatic rings. The van der Waals surface area contributed by atoms with Gasteiger partial charge in [-0.1, -0.05) is 54.6 Å². The molecule has 0 aliphatic heterocycles. The number of benzene rings is 3. The number of halogens is 2. The van der Waals surface area contributed by atoms with E-state index in [9.17, 15) is 23.2 Å². The largest absolute Gasteiger partial charge is 0.481 e. The van der Waals surface area contributed by atoms with Crippen LogP contribution < -0.4 is 0 Å².